The number of aryl methyl sites for hydroxylation is 2. The Hall–Kier alpha value is -3.00. The highest BCUT2D eigenvalue weighted by atomic mass is 32.1. The third-order valence-electron chi connectivity index (χ3n) is 3.95. The first-order chi connectivity index (χ1) is 12.9. The van der Waals surface area contributed by atoms with E-state index in [4.69, 9.17) is 4.52 Å². The van der Waals surface area contributed by atoms with Crippen molar-refractivity contribution >= 4 is 23.2 Å². The summed E-state index contributed by atoms with van der Waals surface area (Å²) in [5, 5.41) is 4.59. The van der Waals surface area contributed by atoms with E-state index in [0.29, 0.717) is 27.6 Å². The van der Waals surface area contributed by atoms with Crippen LogP contribution in [0.5, 0.6) is 0 Å². The number of hydrogen-bond acceptors (Lipinski definition) is 6. The third kappa shape index (κ3) is 3.90. The van der Waals surface area contributed by atoms with Gasteiger partial charge in [0.15, 0.2) is 5.76 Å². The summed E-state index contributed by atoms with van der Waals surface area (Å²) in [6.07, 6.45) is 0. The minimum Gasteiger partial charge on any atom is -0.360 e. The van der Waals surface area contributed by atoms with Crippen LogP contribution in [0, 0.1) is 13.8 Å². The Morgan fingerprint density at radius 2 is 1.70 bits per heavy atom. The van der Waals surface area contributed by atoms with Gasteiger partial charge in [-0.05, 0) is 13.8 Å². The molecule has 0 unspecified atom stereocenters. The van der Waals surface area contributed by atoms with Crippen LogP contribution in [-0.4, -0.2) is 22.0 Å². The highest BCUT2D eigenvalue weighted by Crippen LogP contribution is 2.27. The number of hydrazine groups is 1. The summed E-state index contributed by atoms with van der Waals surface area (Å²) in [5.74, 6) is -0.392. The van der Waals surface area contributed by atoms with Crippen molar-refractivity contribution in [3.05, 3.63) is 57.9 Å². The van der Waals surface area contributed by atoms with Gasteiger partial charge in [-0.15, -0.1) is 11.3 Å². The molecule has 0 aliphatic carbocycles. The second kappa shape index (κ2) is 7.71. The minimum absolute atomic E-state index is 0.000164. The van der Waals surface area contributed by atoms with Crippen molar-refractivity contribution in [2.24, 2.45) is 0 Å². The molecule has 0 saturated carbocycles. The van der Waals surface area contributed by atoms with Crippen LogP contribution < -0.4 is 10.9 Å². The van der Waals surface area contributed by atoms with E-state index < -0.39 is 11.8 Å². The van der Waals surface area contributed by atoms with Crippen molar-refractivity contribution in [2.45, 2.75) is 33.6 Å². The fraction of sp³-hybridized carbons (Fsp3) is 0.263. The lowest BCUT2D eigenvalue weighted by Gasteiger charge is -2.08. The Bertz CT molecular complexity index is 976. The van der Waals surface area contributed by atoms with E-state index in [1.807, 2.05) is 44.2 Å². The standard InChI is InChI=1S/C19H20N4O3S/c1-10(2)15-14(11(3)23-26-15)17(24)21-22-18(25)16-12(4)20-19(27-16)13-8-6-5-7-9-13/h5-10H,1-4H3,(H,21,24)(H,22,25). The lowest BCUT2D eigenvalue weighted by atomic mass is 10.1. The fourth-order valence-corrected chi connectivity index (χ4v) is 3.57. The maximum Gasteiger partial charge on any atom is 0.281 e. The first kappa shape index (κ1) is 18.8. The Morgan fingerprint density at radius 1 is 1.04 bits per heavy atom. The van der Waals surface area contributed by atoms with Gasteiger partial charge in [0, 0.05) is 11.5 Å². The van der Waals surface area contributed by atoms with Crippen molar-refractivity contribution < 1.29 is 14.1 Å². The number of aromatic nitrogens is 2. The summed E-state index contributed by atoms with van der Waals surface area (Å²) in [7, 11) is 0. The topological polar surface area (TPSA) is 97.1 Å². The van der Waals surface area contributed by atoms with E-state index in [2.05, 4.69) is 21.0 Å². The number of thiazole rings is 1. The van der Waals surface area contributed by atoms with Crippen LogP contribution in [0.4, 0.5) is 0 Å². The number of hydrogen-bond donors (Lipinski definition) is 2. The van der Waals surface area contributed by atoms with Gasteiger partial charge in [-0.3, -0.25) is 20.4 Å². The van der Waals surface area contributed by atoms with Crippen molar-refractivity contribution in [3.8, 4) is 10.6 Å². The molecule has 0 bridgehead atoms. The molecule has 140 valence electrons. The normalized spacial score (nSPS) is 10.9. The first-order valence-electron chi connectivity index (χ1n) is 8.48. The molecule has 0 aliphatic rings. The average molecular weight is 384 g/mol. The zero-order valence-electron chi connectivity index (χ0n) is 15.5. The number of nitrogens with one attached hydrogen (secondary N) is 2. The Balaban J connectivity index is 1.73. The predicted octanol–water partition coefficient (Wildman–Crippen LogP) is 3.61. The number of amides is 2. The van der Waals surface area contributed by atoms with Gasteiger partial charge >= 0.3 is 0 Å². The van der Waals surface area contributed by atoms with Crippen LogP contribution in [0.15, 0.2) is 34.9 Å². The number of benzene rings is 1. The molecule has 0 radical (unpaired) electrons. The summed E-state index contributed by atoms with van der Waals surface area (Å²) >= 11 is 1.28. The third-order valence-corrected chi connectivity index (χ3v) is 5.16. The van der Waals surface area contributed by atoms with Gasteiger partial charge in [-0.2, -0.15) is 0 Å². The van der Waals surface area contributed by atoms with Crippen molar-refractivity contribution in [1.29, 1.82) is 0 Å². The monoisotopic (exact) mass is 384 g/mol. The highest BCUT2D eigenvalue weighted by Gasteiger charge is 2.23. The van der Waals surface area contributed by atoms with Gasteiger partial charge in [0.05, 0.1) is 11.4 Å². The summed E-state index contributed by atoms with van der Waals surface area (Å²) < 4.78 is 5.21. The molecule has 3 aromatic rings. The maximum absolute atomic E-state index is 12.5. The molecule has 2 heterocycles. The molecule has 3 rings (SSSR count). The molecular formula is C19H20N4O3S. The molecule has 2 aromatic heterocycles. The molecule has 8 heteroatoms. The summed E-state index contributed by atoms with van der Waals surface area (Å²) in [6.45, 7) is 7.26. The van der Waals surface area contributed by atoms with Gasteiger partial charge in [0.2, 0.25) is 0 Å². The molecule has 27 heavy (non-hydrogen) atoms. The van der Waals surface area contributed by atoms with E-state index in [1.54, 1.807) is 13.8 Å². The van der Waals surface area contributed by atoms with Gasteiger partial charge in [0.25, 0.3) is 11.8 Å². The van der Waals surface area contributed by atoms with E-state index in [0.717, 1.165) is 10.6 Å². The quantitative estimate of drug-likeness (QED) is 0.670. The van der Waals surface area contributed by atoms with Gasteiger partial charge in [-0.25, -0.2) is 4.98 Å². The molecule has 2 N–H and O–H groups in total. The minimum atomic E-state index is -0.462. The fourth-order valence-electron chi connectivity index (χ4n) is 2.60. The number of nitrogens with zero attached hydrogens (tertiary/aromatic N) is 2. The number of rotatable bonds is 4. The van der Waals surface area contributed by atoms with Crippen molar-refractivity contribution in [3.63, 3.8) is 0 Å². The molecule has 0 saturated heterocycles. The lowest BCUT2D eigenvalue weighted by Crippen LogP contribution is -2.42. The van der Waals surface area contributed by atoms with Crippen molar-refractivity contribution in [2.75, 3.05) is 0 Å². The molecule has 0 spiro atoms. The van der Waals surface area contributed by atoms with E-state index >= 15 is 0 Å². The van der Waals surface area contributed by atoms with Crippen molar-refractivity contribution in [1.82, 2.24) is 21.0 Å². The van der Waals surface area contributed by atoms with Crippen LogP contribution >= 0.6 is 11.3 Å². The molecular weight excluding hydrogens is 364 g/mol. The van der Waals surface area contributed by atoms with Gasteiger partial charge in [0.1, 0.15) is 15.4 Å². The van der Waals surface area contributed by atoms with Crippen LogP contribution in [0.1, 0.15) is 56.9 Å². The second-order valence-corrected chi connectivity index (χ2v) is 7.37. The summed E-state index contributed by atoms with van der Waals surface area (Å²) in [5.41, 5.74) is 7.25. The van der Waals surface area contributed by atoms with E-state index in [9.17, 15) is 9.59 Å². The SMILES string of the molecule is Cc1nc(-c2ccccc2)sc1C(=O)NNC(=O)c1c(C)noc1C(C)C. The van der Waals surface area contributed by atoms with Crippen LogP contribution in [-0.2, 0) is 0 Å². The zero-order chi connectivity index (χ0) is 19.6. The first-order valence-corrected chi connectivity index (χ1v) is 9.29. The molecule has 0 atom stereocenters. The second-order valence-electron chi connectivity index (χ2n) is 6.37. The number of carbonyl (C=O) groups is 2. The van der Waals surface area contributed by atoms with Crippen LogP contribution in [0.3, 0.4) is 0 Å². The van der Waals surface area contributed by atoms with Gasteiger partial charge < -0.3 is 4.52 Å². The molecule has 2 amide bonds. The van der Waals surface area contributed by atoms with E-state index in [-0.39, 0.29) is 5.92 Å². The van der Waals surface area contributed by atoms with Crippen LogP contribution in [0.25, 0.3) is 10.6 Å². The predicted molar refractivity (Wildman–Crippen MR) is 103 cm³/mol. The molecule has 1 aromatic carbocycles. The highest BCUT2D eigenvalue weighted by molar-refractivity contribution is 7.17. The molecule has 0 fully saturated rings. The smallest absolute Gasteiger partial charge is 0.281 e. The molecule has 7 nitrogen and oxygen atoms in total. The average Bonchev–Trinajstić information content (AvgIpc) is 3.23. The number of carbonyl (C=O) groups excluding carboxylic acids is 2. The zero-order valence-corrected chi connectivity index (χ0v) is 16.3. The summed E-state index contributed by atoms with van der Waals surface area (Å²) in [4.78, 5) is 29.8. The Kier molecular flexibility index (Phi) is 5.36. The Morgan fingerprint density at radius 3 is 2.37 bits per heavy atom. The van der Waals surface area contributed by atoms with Gasteiger partial charge in [-0.1, -0.05) is 49.3 Å². The summed E-state index contributed by atoms with van der Waals surface area (Å²) in [6, 6.07) is 9.62. The largest absolute Gasteiger partial charge is 0.360 e. The molecule has 0 aliphatic heterocycles. The maximum atomic E-state index is 12.5. The Labute approximate surface area is 160 Å². The van der Waals surface area contributed by atoms with E-state index in [1.165, 1.54) is 11.3 Å². The van der Waals surface area contributed by atoms with Crippen LogP contribution in [0.2, 0.25) is 0 Å². The lowest BCUT2D eigenvalue weighted by molar-refractivity contribution is 0.0846.